The van der Waals surface area contributed by atoms with Gasteiger partial charge in [-0.2, -0.15) is 5.10 Å². The highest BCUT2D eigenvalue weighted by Crippen LogP contribution is 2.21. The summed E-state index contributed by atoms with van der Waals surface area (Å²) in [5.41, 5.74) is 0.924. The Hall–Kier alpha value is -2.67. The van der Waals surface area contributed by atoms with Gasteiger partial charge in [-0.25, -0.2) is 13.9 Å². The van der Waals surface area contributed by atoms with Crippen molar-refractivity contribution in [2.24, 2.45) is 0 Å². The van der Waals surface area contributed by atoms with E-state index in [-0.39, 0.29) is 16.6 Å². The van der Waals surface area contributed by atoms with E-state index in [1.165, 1.54) is 36.0 Å². The molecule has 1 N–H and O–H groups in total. The summed E-state index contributed by atoms with van der Waals surface area (Å²) in [7, 11) is 1.37. The Labute approximate surface area is 129 Å². The number of carbonyl (C=O) groups is 1. The summed E-state index contributed by atoms with van der Waals surface area (Å²) in [6.07, 6.45) is 1.44. The first kappa shape index (κ1) is 14.3. The minimum absolute atomic E-state index is 0.101. The fourth-order valence-electron chi connectivity index (χ4n) is 1.91. The van der Waals surface area contributed by atoms with E-state index in [1.54, 1.807) is 12.1 Å². The van der Waals surface area contributed by atoms with Gasteiger partial charge >= 0.3 is 0 Å². The van der Waals surface area contributed by atoms with Gasteiger partial charge in [-0.15, -0.1) is 0 Å². The smallest absolute Gasteiger partial charge is 0.275 e. The molecule has 0 aliphatic rings. The van der Waals surface area contributed by atoms with Gasteiger partial charge in [-0.1, -0.05) is 11.6 Å². The Bertz CT molecular complexity index is 865. The maximum absolute atomic E-state index is 13.6. The van der Waals surface area contributed by atoms with Crippen LogP contribution in [0.1, 0.15) is 10.5 Å². The summed E-state index contributed by atoms with van der Waals surface area (Å²) in [6, 6.07) is 7.34. The maximum atomic E-state index is 13.6. The van der Waals surface area contributed by atoms with Crippen molar-refractivity contribution in [1.82, 2.24) is 14.6 Å². The Morgan fingerprint density at radius 2 is 2.18 bits per heavy atom. The first-order valence-corrected chi connectivity index (χ1v) is 6.61. The van der Waals surface area contributed by atoms with Crippen LogP contribution in [0.2, 0.25) is 5.15 Å². The number of nitrogens with one attached hydrogen (secondary N) is 1. The van der Waals surface area contributed by atoms with Crippen molar-refractivity contribution < 1.29 is 13.9 Å². The number of hydrogen-bond donors (Lipinski definition) is 1. The fourth-order valence-corrected chi connectivity index (χ4v) is 2.05. The predicted molar refractivity (Wildman–Crippen MR) is 78.9 cm³/mol. The number of anilines is 1. The van der Waals surface area contributed by atoms with Crippen LogP contribution in [0.5, 0.6) is 5.75 Å². The second-order valence-electron chi connectivity index (χ2n) is 4.39. The van der Waals surface area contributed by atoms with Crippen molar-refractivity contribution >= 4 is 28.8 Å². The molecule has 6 nitrogen and oxygen atoms in total. The molecule has 0 radical (unpaired) electrons. The molecule has 0 unspecified atom stereocenters. The van der Waals surface area contributed by atoms with E-state index in [0.29, 0.717) is 11.3 Å². The maximum Gasteiger partial charge on any atom is 0.275 e. The zero-order valence-electron chi connectivity index (χ0n) is 11.4. The van der Waals surface area contributed by atoms with Crippen LogP contribution in [-0.2, 0) is 0 Å². The van der Waals surface area contributed by atoms with Crippen molar-refractivity contribution in [1.29, 1.82) is 0 Å². The van der Waals surface area contributed by atoms with Crippen LogP contribution in [-0.4, -0.2) is 27.6 Å². The Morgan fingerprint density at radius 3 is 2.91 bits per heavy atom. The topological polar surface area (TPSA) is 68.5 Å². The molecule has 3 rings (SSSR count). The number of halogens is 2. The number of amides is 1. The van der Waals surface area contributed by atoms with Crippen LogP contribution >= 0.6 is 11.6 Å². The van der Waals surface area contributed by atoms with E-state index in [1.807, 2.05) is 0 Å². The zero-order valence-corrected chi connectivity index (χ0v) is 12.1. The molecular formula is C14H10ClFN4O2. The van der Waals surface area contributed by atoms with Gasteiger partial charge in [0, 0.05) is 11.8 Å². The predicted octanol–water partition coefficient (Wildman–Crippen LogP) is 2.78. The molecule has 2 aromatic heterocycles. The molecule has 3 aromatic rings. The van der Waals surface area contributed by atoms with Crippen LogP contribution in [0.15, 0.2) is 36.5 Å². The molecule has 0 aliphatic heterocycles. The first-order valence-electron chi connectivity index (χ1n) is 6.23. The van der Waals surface area contributed by atoms with Gasteiger partial charge in [-0.05, 0) is 24.3 Å². The third kappa shape index (κ3) is 2.71. The molecule has 22 heavy (non-hydrogen) atoms. The van der Waals surface area contributed by atoms with Gasteiger partial charge in [0.25, 0.3) is 5.91 Å². The van der Waals surface area contributed by atoms with Crippen LogP contribution < -0.4 is 10.1 Å². The quantitative estimate of drug-likeness (QED) is 0.805. The molecule has 0 saturated heterocycles. The number of carbonyl (C=O) groups excluding carboxylic acids is 1. The highest BCUT2D eigenvalue weighted by atomic mass is 35.5. The van der Waals surface area contributed by atoms with E-state index in [2.05, 4.69) is 15.4 Å². The molecule has 0 spiro atoms. The van der Waals surface area contributed by atoms with Crippen LogP contribution in [0.3, 0.4) is 0 Å². The highest BCUT2D eigenvalue weighted by molar-refractivity contribution is 6.29. The molecule has 0 fully saturated rings. The molecule has 1 aromatic carbocycles. The summed E-state index contributed by atoms with van der Waals surface area (Å²) in [4.78, 5) is 16.3. The zero-order chi connectivity index (χ0) is 15.7. The summed E-state index contributed by atoms with van der Waals surface area (Å²) in [5.74, 6) is -0.945. The second-order valence-corrected chi connectivity index (χ2v) is 4.78. The molecule has 112 valence electrons. The number of aromatic nitrogens is 3. The van der Waals surface area contributed by atoms with Gasteiger partial charge in [0.2, 0.25) is 0 Å². The molecule has 0 saturated carbocycles. The summed E-state index contributed by atoms with van der Waals surface area (Å²) in [5, 5.41) is 6.83. The molecule has 2 heterocycles. The molecule has 0 atom stereocenters. The number of rotatable bonds is 3. The van der Waals surface area contributed by atoms with E-state index >= 15 is 0 Å². The SMILES string of the molecule is COc1ccc(NC(=O)c2cn3nc(Cl)ccc3n2)cc1F. The molecule has 0 aliphatic carbocycles. The van der Waals surface area contributed by atoms with E-state index in [0.717, 1.165) is 0 Å². The Kier molecular flexibility index (Phi) is 3.64. The summed E-state index contributed by atoms with van der Waals surface area (Å²) >= 11 is 5.77. The van der Waals surface area contributed by atoms with Crippen LogP contribution in [0, 0.1) is 5.82 Å². The van der Waals surface area contributed by atoms with Crippen LogP contribution in [0.25, 0.3) is 5.65 Å². The molecular weight excluding hydrogens is 311 g/mol. The van der Waals surface area contributed by atoms with Gasteiger partial charge in [0.1, 0.15) is 10.8 Å². The van der Waals surface area contributed by atoms with Crippen molar-refractivity contribution in [2.45, 2.75) is 0 Å². The lowest BCUT2D eigenvalue weighted by molar-refractivity contribution is 0.102. The van der Waals surface area contributed by atoms with Crippen molar-refractivity contribution in [3.05, 3.63) is 53.2 Å². The average molecular weight is 321 g/mol. The van der Waals surface area contributed by atoms with Crippen molar-refractivity contribution in [3.8, 4) is 5.75 Å². The monoisotopic (exact) mass is 320 g/mol. The largest absolute Gasteiger partial charge is 0.494 e. The standard InChI is InChI=1S/C14H10ClFN4O2/c1-22-11-3-2-8(6-9(11)16)17-14(21)10-7-20-13(18-10)5-4-12(15)19-20/h2-7H,1H3,(H,17,21). The third-order valence-electron chi connectivity index (χ3n) is 2.93. The minimum Gasteiger partial charge on any atom is -0.494 e. The van der Waals surface area contributed by atoms with E-state index < -0.39 is 11.7 Å². The number of methoxy groups -OCH3 is 1. The average Bonchev–Trinajstić information content (AvgIpc) is 2.90. The summed E-state index contributed by atoms with van der Waals surface area (Å²) < 4.78 is 19.8. The normalized spacial score (nSPS) is 10.7. The lowest BCUT2D eigenvalue weighted by atomic mass is 10.3. The van der Waals surface area contributed by atoms with Crippen molar-refractivity contribution in [3.63, 3.8) is 0 Å². The third-order valence-corrected chi connectivity index (χ3v) is 3.13. The van der Waals surface area contributed by atoms with Crippen LogP contribution in [0.4, 0.5) is 10.1 Å². The number of hydrogen-bond acceptors (Lipinski definition) is 4. The minimum atomic E-state index is -0.566. The Morgan fingerprint density at radius 1 is 1.36 bits per heavy atom. The van der Waals surface area contributed by atoms with Gasteiger partial charge in [-0.3, -0.25) is 4.79 Å². The van der Waals surface area contributed by atoms with Crippen molar-refractivity contribution in [2.75, 3.05) is 12.4 Å². The molecule has 8 heteroatoms. The first-order chi connectivity index (χ1) is 10.6. The molecule has 1 amide bonds. The number of benzene rings is 1. The lowest BCUT2D eigenvalue weighted by Crippen LogP contribution is -2.12. The second kappa shape index (κ2) is 5.61. The number of fused-ring (bicyclic) bond motifs is 1. The van der Waals surface area contributed by atoms with Gasteiger partial charge in [0.15, 0.2) is 17.2 Å². The summed E-state index contributed by atoms with van der Waals surface area (Å²) in [6.45, 7) is 0. The number of imidazole rings is 1. The number of ether oxygens (including phenoxy) is 1. The molecule has 0 bridgehead atoms. The van der Waals surface area contributed by atoms with Gasteiger partial charge < -0.3 is 10.1 Å². The van der Waals surface area contributed by atoms with E-state index in [4.69, 9.17) is 16.3 Å². The fraction of sp³-hybridized carbons (Fsp3) is 0.0714. The van der Waals surface area contributed by atoms with Gasteiger partial charge in [0.05, 0.1) is 13.3 Å². The Balaban J connectivity index is 1.85. The lowest BCUT2D eigenvalue weighted by Gasteiger charge is -2.05. The number of nitrogens with zero attached hydrogens (tertiary/aromatic N) is 3. The highest BCUT2D eigenvalue weighted by Gasteiger charge is 2.13. The van der Waals surface area contributed by atoms with E-state index in [9.17, 15) is 9.18 Å².